The van der Waals surface area contributed by atoms with Crippen LogP contribution in [0.4, 0.5) is 14.5 Å². The lowest BCUT2D eigenvalue weighted by Gasteiger charge is -2.18. The predicted molar refractivity (Wildman–Crippen MR) is 90.0 cm³/mol. The van der Waals surface area contributed by atoms with E-state index in [2.05, 4.69) is 5.32 Å². The van der Waals surface area contributed by atoms with Gasteiger partial charge in [0, 0.05) is 0 Å². The molecule has 132 valence electrons. The van der Waals surface area contributed by atoms with Crippen molar-refractivity contribution in [2.24, 2.45) is 0 Å². The molecule has 0 bridgehead atoms. The molecular weight excluding hydrogens is 328 g/mol. The Hall–Kier alpha value is -2.76. The van der Waals surface area contributed by atoms with Crippen molar-refractivity contribution >= 4 is 17.6 Å². The summed E-state index contributed by atoms with van der Waals surface area (Å²) in [4.78, 5) is 24.4. The average molecular weight is 347 g/mol. The summed E-state index contributed by atoms with van der Waals surface area (Å²) < 4.78 is 32.3. The van der Waals surface area contributed by atoms with E-state index in [-0.39, 0.29) is 0 Å². The number of rotatable bonds is 6. The van der Waals surface area contributed by atoms with Crippen LogP contribution in [0.15, 0.2) is 48.5 Å². The zero-order valence-electron chi connectivity index (χ0n) is 14.0. The van der Waals surface area contributed by atoms with Gasteiger partial charge in [0.05, 0.1) is 5.92 Å². The number of hydrogen-bond acceptors (Lipinski definition) is 3. The second-order valence-electron chi connectivity index (χ2n) is 5.54. The molecule has 2 aromatic rings. The van der Waals surface area contributed by atoms with Crippen LogP contribution >= 0.6 is 0 Å². The van der Waals surface area contributed by atoms with Gasteiger partial charge >= 0.3 is 5.97 Å². The van der Waals surface area contributed by atoms with Gasteiger partial charge in [-0.15, -0.1) is 0 Å². The molecule has 0 fully saturated rings. The number of ether oxygens (including phenoxy) is 1. The van der Waals surface area contributed by atoms with E-state index in [1.54, 1.807) is 12.1 Å². The van der Waals surface area contributed by atoms with Crippen LogP contribution in [0.25, 0.3) is 0 Å². The Labute approximate surface area is 144 Å². The summed E-state index contributed by atoms with van der Waals surface area (Å²) >= 11 is 0. The largest absolute Gasteiger partial charge is 0.452 e. The summed E-state index contributed by atoms with van der Waals surface area (Å²) in [5, 5.41) is 2.11. The molecule has 0 aliphatic rings. The van der Waals surface area contributed by atoms with Gasteiger partial charge in [0.2, 0.25) is 0 Å². The molecule has 0 aliphatic carbocycles. The molecule has 0 heterocycles. The standard InChI is InChI=1S/C19H19F2NO3/c1-3-14(13-8-5-4-6-9-13)19(24)25-12(2)18(23)22-17-15(20)10-7-11-16(17)21/h4-12,14H,3H2,1-2H3,(H,22,23). The Balaban J connectivity index is 2.04. The monoisotopic (exact) mass is 347 g/mol. The average Bonchev–Trinajstić information content (AvgIpc) is 2.59. The SMILES string of the molecule is CCC(C(=O)OC(C)C(=O)Nc1c(F)cccc1F)c1ccccc1. The highest BCUT2D eigenvalue weighted by molar-refractivity contribution is 5.95. The van der Waals surface area contributed by atoms with E-state index in [0.717, 1.165) is 17.7 Å². The molecule has 0 aliphatic heterocycles. The summed E-state index contributed by atoms with van der Waals surface area (Å²) in [6.45, 7) is 3.18. The number of amides is 1. The van der Waals surface area contributed by atoms with Crippen molar-refractivity contribution in [1.29, 1.82) is 0 Å². The van der Waals surface area contributed by atoms with Gasteiger partial charge < -0.3 is 10.1 Å². The van der Waals surface area contributed by atoms with E-state index in [4.69, 9.17) is 4.74 Å². The van der Waals surface area contributed by atoms with Gasteiger partial charge in [-0.25, -0.2) is 8.78 Å². The second-order valence-corrected chi connectivity index (χ2v) is 5.54. The highest BCUT2D eigenvalue weighted by atomic mass is 19.1. The van der Waals surface area contributed by atoms with Gasteiger partial charge in [-0.3, -0.25) is 9.59 Å². The molecule has 4 nitrogen and oxygen atoms in total. The summed E-state index contributed by atoms with van der Waals surface area (Å²) in [7, 11) is 0. The van der Waals surface area contributed by atoms with Crippen LogP contribution in [-0.2, 0) is 14.3 Å². The third kappa shape index (κ3) is 4.62. The fourth-order valence-electron chi connectivity index (χ4n) is 2.38. The topological polar surface area (TPSA) is 55.4 Å². The number of benzene rings is 2. The van der Waals surface area contributed by atoms with Crippen molar-refractivity contribution in [3.8, 4) is 0 Å². The third-order valence-corrected chi connectivity index (χ3v) is 3.77. The Kier molecular flexibility index (Phi) is 6.22. The molecule has 0 spiro atoms. The summed E-state index contributed by atoms with van der Waals surface area (Å²) in [5.74, 6) is -3.68. The van der Waals surface area contributed by atoms with E-state index in [0.29, 0.717) is 6.42 Å². The molecular formula is C19H19F2NO3. The van der Waals surface area contributed by atoms with Gasteiger partial charge in [-0.1, -0.05) is 43.3 Å². The van der Waals surface area contributed by atoms with E-state index >= 15 is 0 Å². The van der Waals surface area contributed by atoms with E-state index in [9.17, 15) is 18.4 Å². The highest BCUT2D eigenvalue weighted by Gasteiger charge is 2.26. The lowest BCUT2D eigenvalue weighted by atomic mass is 9.97. The Bertz CT molecular complexity index is 729. The van der Waals surface area contributed by atoms with E-state index in [1.165, 1.54) is 13.0 Å². The minimum Gasteiger partial charge on any atom is -0.452 e. The second kappa shape index (κ2) is 8.37. The molecule has 2 rings (SSSR count). The fraction of sp³-hybridized carbons (Fsp3) is 0.263. The number of anilines is 1. The van der Waals surface area contributed by atoms with Crippen molar-refractivity contribution in [3.63, 3.8) is 0 Å². The van der Waals surface area contributed by atoms with E-state index in [1.807, 2.05) is 25.1 Å². The first kappa shape index (κ1) is 18.6. The first-order chi connectivity index (χ1) is 11.9. The maximum Gasteiger partial charge on any atom is 0.314 e. The van der Waals surface area contributed by atoms with Gasteiger partial charge in [-0.2, -0.15) is 0 Å². The van der Waals surface area contributed by atoms with Crippen LogP contribution in [0.5, 0.6) is 0 Å². The lowest BCUT2D eigenvalue weighted by molar-refractivity contribution is -0.154. The minimum atomic E-state index is -1.19. The normalized spacial score (nSPS) is 13.0. The molecule has 0 aromatic heterocycles. The van der Waals surface area contributed by atoms with Gasteiger partial charge in [0.15, 0.2) is 6.10 Å². The van der Waals surface area contributed by atoms with Gasteiger partial charge in [0.25, 0.3) is 5.91 Å². The third-order valence-electron chi connectivity index (χ3n) is 3.77. The molecule has 2 unspecified atom stereocenters. The van der Waals surface area contributed by atoms with Crippen LogP contribution in [0.1, 0.15) is 31.7 Å². The van der Waals surface area contributed by atoms with Gasteiger partial charge in [-0.05, 0) is 31.0 Å². The quantitative estimate of drug-likeness (QED) is 0.803. The fourth-order valence-corrected chi connectivity index (χ4v) is 2.38. The number of nitrogens with one attached hydrogen (secondary N) is 1. The minimum absolute atomic E-state index is 0.499. The van der Waals surface area contributed by atoms with Crippen molar-refractivity contribution < 1.29 is 23.1 Å². The number of esters is 1. The molecule has 0 saturated heterocycles. The zero-order valence-corrected chi connectivity index (χ0v) is 14.0. The number of carbonyl (C=O) groups is 2. The molecule has 1 amide bonds. The van der Waals surface area contributed by atoms with Crippen LogP contribution in [0.3, 0.4) is 0 Å². The molecule has 1 N–H and O–H groups in total. The maximum absolute atomic E-state index is 13.6. The molecule has 0 saturated carbocycles. The lowest BCUT2D eigenvalue weighted by Crippen LogP contribution is -2.32. The van der Waals surface area contributed by atoms with Crippen molar-refractivity contribution in [2.75, 3.05) is 5.32 Å². The highest BCUT2D eigenvalue weighted by Crippen LogP contribution is 2.22. The Morgan fingerprint density at radius 3 is 2.20 bits per heavy atom. The predicted octanol–water partition coefficient (Wildman–Crippen LogP) is 4.03. The van der Waals surface area contributed by atoms with Crippen molar-refractivity contribution in [3.05, 3.63) is 65.7 Å². The number of halogens is 2. The number of para-hydroxylation sites is 1. The first-order valence-corrected chi connectivity index (χ1v) is 7.94. The summed E-state index contributed by atoms with van der Waals surface area (Å²) in [6.07, 6.45) is -0.691. The summed E-state index contributed by atoms with van der Waals surface area (Å²) in [5.41, 5.74) is 0.216. The van der Waals surface area contributed by atoms with Gasteiger partial charge in [0.1, 0.15) is 17.3 Å². The van der Waals surface area contributed by atoms with Crippen LogP contribution in [0, 0.1) is 11.6 Å². The van der Waals surface area contributed by atoms with Crippen molar-refractivity contribution in [1.82, 2.24) is 0 Å². The summed E-state index contributed by atoms with van der Waals surface area (Å²) in [6, 6.07) is 12.3. The zero-order chi connectivity index (χ0) is 18.4. The van der Waals surface area contributed by atoms with Crippen molar-refractivity contribution in [2.45, 2.75) is 32.3 Å². The first-order valence-electron chi connectivity index (χ1n) is 7.94. The number of carbonyl (C=O) groups excluding carboxylic acids is 2. The Morgan fingerprint density at radius 1 is 1.04 bits per heavy atom. The van der Waals surface area contributed by atoms with Crippen LogP contribution < -0.4 is 5.32 Å². The van der Waals surface area contributed by atoms with E-state index < -0.39 is 41.2 Å². The number of hydrogen-bond donors (Lipinski definition) is 1. The molecule has 25 heavy (non-hydrogen) atoms. The maximum atomic E-state index is 13.6. The molecule has 6 heteroatoms. The smallest absolute Gasteiger partial charge is 0.314 e. The molecule has 0 radical (unpaired) electrons. The van der Waals surface area contributed by atoms with Crippen LogP contribution in [0.2, 0.25) is 0 Å². The molecule has 2 aromatic carbocycles. The Morgan fingerprint density at radius 2 is 1.64 bits per heavy atom. The molecule has 2 atom stereocenters. The van der Waals surface area contributed by atoms with Crippen LogP contribution in [-0.4, -0.2) is 18.0 Å².